The van der Waals surface area contributed by atoms with Crippen molar-refractivity contribution in [2.24, 2.45) is 0 Å². The van der Waals surface area contributed by atoms with Crippen molar-refractivity contribution in [2.75, 3.05) is 6.54 Å². The van der Waals surface area contributed by atoms with E-state index in [9.17, 15) is 5.11 Å². The van der Waals surface area contributed by atoms with E-state index in [2.05, 4.69) is 19.2 Å². The van der Waals surface area contributed by atoms with Crippen molar-refractivity contribution in [1.29, 1.82) is 0 Å². The van der Waals surface area contributed by atoms with E-state index < -0.39 is 0 Å². The Bertz CT molecular complexity index is 346. The van der Waals surface area contributed by atoms with Crippen molar-refractivity contribution >= 4 is 0 Å². The highest BCUT2D eigenvalue weighted by atomic mass is 16.3. The average molecular weight is 482 g/mol. The molecule has 0 heterocycles. The zero-order valence-corrected chi connectivity index (χ0v) is 24.0. The zero-order valence-electron chi connectivity index (χ0n) is 24.0. The third kappa shape index (κ3) is 30.0. The maximum atomic E-state index is 10.1. The molecule has 0 saturated heterocycles. The summed E-state index contributed by atoms with van der Waals surface area (Å²) in [5.41, 5.74) is 0. The van der Waals surface area contributed by atoms with Crippen LogP contribution in [0, 0.1) is 0 Å². The first-order chi connectivity index (χ1) is 16.8. The predicted octanol–water partition coefficient (Wildman–Crippen LogP) is 10.9. The molecule has 0 bridgehead atoms. The first-order valence-corrected chi connectivity index (χ1v) is 16.2. The molecule has 0 spiro atoms. The number of rotatable bonds is 30. The number of unbranched alkanes of at least 4 members (excludes halogenated alkanes) is 25. The van der Waals surface area contributed by atoms with Crippen molar-refractivity contribution in [3.05, 3.63) is 0 Å². The number of aliphatic hydroxyl groups excluding tert-OH is 1. The summed E-state index contributed by atoms with van der Waals surface area (Å²) < 4.78 is 0. The molecule has 0 rings (SSSR count). The Morgan fingerprint density at radius 3 is 0.971 bits per heavy atom. The van der Waals surface area contributed by atoms with E-state index in [1.807, 2.05) is 0 Å². The highest BCUT2D eigenvalue weighted by Gasteiger charge is 2.02. The number of aliphatic hydroxyl groups is 1. The second-order valence-corrected chi connectivity index (χ2v) is 11.1. The van der Waals surface area contributed by atoms with Gasteiger partial charge in [0.1, 0.15) is 6.23 Å². The van der Waals surface area contributed by atoms with Crippen molar-refractivity contribution in [3.8, 4) is 0 Å². The maximum absolute atomic E-state index is 10.1. The van der Waals surface area contributed by atoms with Crippen molar-refractivity contribution in [2.45, 2.75) is 200 Å². The summed E-state index contributed by atoms with van der Waals surface area (Å²) in [4.78, 5) is 0. The van der Waals surface area contributed by atoms with E-state index in [1.165, 1.54) is 173 Å². The van der Waals surface area contributed by atoms with Crippen LogP contribution in [-0.2, 0) is 0 Å². The molecule has 0 aliphatic heterocycles. The third-order valence-corrected chi connectivity index (χ3v) is 7.49. The van der Waals surface area contributed by atoms with E-state index in [0.717, 1.165) is 13.0 Å². The van der Waals surface area contributed by atoms with Gasteiger partial charge in [0.25, 0.3) is 0 Å². The fraction of sp³-hybridized carbons (Fsp3) is 1.00. The molecule has 2 heteroatoms. The second-order valence-electron chi connectivity index (χ2n) is 11.1. The Balaban J connectivity index is 3.11. The van der Waals surface area contributed by atoms with E-state index in [-0.39, 0.29) is 6.23 Å². The van der Waals surface area contributed by atoms with Gasteiger partial charge in [0, 0.05) is 0 Å². The van der Waals surface area contributed by atoms with E-state index in [1.54, 1.807) is 0 Å². The molecule has 206 valence electrons. The maximum Gasteiger partial charge on any atom is 0.104 e. The molecule has 0 aromatic carbocycles. The van der Waals surface area contributed by atoms with Gasteiger partial charge in [-0.1, -0.05) is 174 Å². The minimum Gasteiger partial charge on any atom is -0.379 e. The van der Waals surface area contributed by atoms with E-state index in [0.29, 0.717) is 0 Å². The molecule has 1 atom stereocenters. The van der Waals surface area contributed by atoms with E-state index in [4.69, 9.17) is 0 Å². The third-order valence-electron chi connectivity index (χ3n) is 7.49. The lowest BCUT2D eigenvalue weighted by molar-refractivity contribution is 0.124. The summed E-state index contributed by atoms with van der Waals surface area (Å²) in [6, 6.07) is 0. The molecule has 34 heavy (non-hydrogen) atoms. The summed E-state index contributed by atoms with van der Waals surface area (Å²) in [7, 11) is 0. The number of hydrogen-bond donors (Lipinski definition) is 2. The van der Waals surface area contributed by atoms with Crippen molar-refractivity contribution in [3.63, 3.8) is 0 Å². The van der Waals surface area contributed by atoms with E-state index >= 15 is 0 Å². The average Bonchev–Trinajstić information content (AvgIpc) is 2.84. The van der Waals surface area contributed by atoms with Gasteiger partial charge in [0.15, 0.2) is 0 Å². The first-order valence-electron chi connectivity index (χ1n) is 16.2. The van der Waals surface area contributed by atoms with Crippen LogP contribution in [0.4, 0.5) is 0 Å². The summed E-state index contributed by atoms with van der Waals surface area (Å²) >= 11 is 0. The SMILES string of the molecule is CCCCCCCCCCCCCCCCCCCCCC(O)NCCCCCCCCCC. The Labute approximate surface area is 216 Å². The topological polar surface area (TPSA) is 32.3 Å². The van der Waals surface area contributed by atoms with Crippen molar-refractivity contribution < 1.29 is 5.11 Å². The Morgan fingerprint density at radius 2 is 0.647 bits per heavy atom. The van der Waals surface area contributed by atoms with Crippen LogP contribution in [-0.4, -0.2) is 17.9 Å². The summed E-state index contributed by atoms with van der Waals surface area (Å²) in [6.45, 7) is 5.56. The highest BCUT2D eigenvalue weighted by Crippen LogP contribution is 2.15. The summed E-state index contributed by atoms with van der Waals surface area (Å²) in [6.07, 6.45) is 38.4. The zero-order chi connectivity index (χ0) is 24.8. The molecule has 0 fully saturated rings. The van der Waals surface area contributed by atoms with Crippen LogP contribution >= 0.6 is 0 Å². The number of hydrogen-bond acceptors (Lipinski definition) is 2. The van der Waals surface area contributed by atoms with Gasteiger partial charge >= 0.3 is 0 Å². The lowest BCUT2D eigenvalue weighted by Gasteiger charge is -2.12. The molecule has 0 saturated carbocycles. The molecule has 0 radical (unpaired) electrons. The van der Waals surface area contributed by atoms with Crippen LogP contribution in [0.25, 0.3) is 0 Å². The minimum absolute atomic E-state index is 0.282. The van der Waals surface area contributed by atoms with Crippen LogP contribution in [0.1, 0.15) is 194 Å². The lowest BCUT2D eigenvalue weighted by atomic mass is 10.0. The van der Waals surface area contributed by atoms with Crippen molar-refractivity contribution in [1.82, 2.24) is 5.32 Å². The first kappa shape index (κ1) is 33.9. The molecule has 0 amide bonds. The summed E-state index contributed by atoms with van der Waals surface area (Å²) in [5, 5.41) is 13.4. The molecule has 2 N–H and O–H groups in total. The van der Waals surface area contributed by atoms with Gasteiger partial charge in [-0.15, -0.1) is 0 Å². The fourth-order valence-corrected chi connectivity index (χ4v) is 5.05. The standard InChI is InChI=1S/C32H67NO/c1-3-5-7-9-11-13-14-15-16-17-18-19-20-21-22-23-24-26-28-30-32(34)33-31-29-27-25-12-10-8-6-4-2/h32-34H,3-31H2,1-2H3. The molecule has 0 aliphatic rings. The molecule has 0 aromatic heterocycles. The lowest BCUT2D eigenvalue weighted by Crippen LogP contribution is -2.29. The number of nitrogens with one attached hydrogen (secondary N) is 1. The van der Waals surface area contributed by atoms with Gasteiger partial charge in [-0.25, -0.2) is 0 Å². The molecule has 1 unspecified atom stereocenters. The van der Waals surface area contributed by atoms with Crippen LogP contribution in [0.3, 0.4) is 0 Å². The van der Waals surface area contributed by atoms with Gasteiger partial charge in [0.2, 0.25) is 0 Å². The normalized spacial score (nSPS) is 12.4. The highest BCUT2D eigenvalue weighted by molar-refractivity contribution is 4.56. The molecule has 2 nitrogen and oxygen atoms in total. The second kappa shape index (κ2) is 31.0. The Hall–Kier alpha value is -0.0800. The fourth-order valence-electron chi connectivity index (χ4n) is 5.05. The monoisotopic (exact) mass is 482 g/mol. The van der Waals surface area contributed by atoms with Crippen LogP contribution in [0.15, 0.2) is 0 Å². The molecular weight excluding hydrogens is 414 g/mol. The molecule has 0 aromatic rings. The minimum atomic E-state index is -0.282. The van der Waals surface area contributed by atoms with Gasteiger partial charge in [-0.05, 0) is 25.8 Å². The van der Waals surface area contributed by atoms with Gasteiger partial charge in [-0.2, -0.15) is 0 Å². The quantitative estimate of drug-likeness (QED) is 0.0789. The Kier molecular flexibility index (Phi) is 30.9. The molecule has 0 aliphatic carbocycles. The predicted molar refractivity (Wildman–Crippen MR) is 155 cm³/mol. The summed E-state index contributed by atoms with van der Waals surface area (Å²) in [5.74, 6) is 0. The van der Waals surface area contributed by atoms with Crippen LogP contribution in [0.5, 0.6) is 0 Å². The van der Waals surface area contributed by atoms with Gasteiger partial charge in [0.05, 0.1) is 0 Å². The van der Waals surface area contributed by atoms with Gasteiger partial charge < -0.3 is 5.11 Å². The largest absolute Gasteiger partial charge is 0.379 e. The molecular formula is C32H67NO. The Morgan fingerprint density at radius 1 is 0.382 bits per heavy atom. The smallest absolute Gasteiger partial charge is 0.104 e. The van der Waals surface area contributed by atoms with Crippen LogP contribution in [0.2, 0.25) is 0 Å². The van der Waals surface area contributed by atoms with Crippen LogP contribution < -0.4 is 5.32 Å². The van der Waals surface area contributed by atoms with Gasteiger partial charge in [-0.3, -0.25) is 5.32 Å².